The van der Waals surface area contributed by atoms with Crippen molar-refractivity contribution in [2.24, 2.45) is 0 Å². The summed E-state index contributed by atoms with van der Waals surface area (Å²) < 4.78 is 0. The lowest BCUT2D eigenvalue weighted by Gasteiger charge is -2.04. The topological polar surface area (TPSA) is 86.6 Å². The Kier molecular flexibility index (Phi) is 3.75. The van der Waals surface area contributed by atoms with Gasteiger partial charge in [-0.3, -0.25) is 9.59 Å². The average Bonchev–Trinajstić information content (AvgIpc) is 1.81. The third-order valence-corrected chi connectivity index (χ3v) is 1.07. The van der Waals surface area contributed by atoms with Gasteiger partial charge in [0.2, 0.25) is 0 Å². The quantitative estimate of drug-likeness (QED) is 0.499. The minimum Gasteiger partial charge on any atom is -0.481 e. The van der Waals surface area contributed by atoms with Gasteiger partial charge in [-0.15, -0.1) is 0 Å². The highest BCUT2D eigenvalue weighted by Gasteiger charge is 2.18. The molecule has 0 aromatic heterocycles. The number of carboxylic acids is 2. The Balaban J connectivity index is 3.83. The van der Waals surface area contributed by atoms with E-state index in [9.17, 15) is 9.59 Å². The third-order valence-electron chi connectivity index (χ3n) is 0.809. The number of rotatable bonds is 4. The number of hydrogen-bond donors (Lipinski definition) is 3. The molecule has 0 unspecified atom stereocenters. The maximum absolute atomic E-state index is 10.1. The Morgan fingerprint density at radius 1 is 1.50 bits per heavy atom. The van der Waals surface area contributed by atoms with E-state index in [4.69, 9.17) is 22.0 Å². The van der Waals surface area contributed by atoms with Gasteiger partial charge in [-0.25, -0.2) is 4.84 Å². The van der Waals surface area contributed by atoms with E-state index in [0.29, 0.717) is 0 Å². The van der Waals surface area contributed by atoms with E-state index in [2.05, 4.69) is 0 Å². The molecule has 0 bridgehead atoms. The standard InChI is InChI=1S/C4H6ClNO4/c5-6-2(4(9)10)1-3(7)8/h2,6H,1H2,(H,7,8)(H,9,10)/t2-/m0/s1. The molecule has 3 N–H and O–H groups in total. The van der Waals surface area contributed by atoms with Gasteiger partial charge >= 0.3 is 11.9 Å². The predicted octanol–water partition coefficient (Wildman–Crippen LogP) is -0.342. The van der Waals surface area contributed by atoms with Crippen molar-refractivity contribution in [3.8, 4) is 0 Å². The zero-order chi connectivity index (χ0) is 8.15. The lowest BCUT2D eigenvalue weighted by molar-refractivity contribution is -0.145. The lowest BCUT2D eigenvalue weighted by atomic mass is 10.2. The average molecular weight is 168 g/mol. The number of halogens is 1. The van der Waals surface area contributed by atoms with Crippen molar-refractivity contribution in [1.29, 1.82) is 0 Å². The maximum Gasteiger partial charge on any atom is 0.322 e. The minimum absolute atomic E-state index is 0.529. The summed E-state index contributed by atoms with van der Waals surface area (Å²) in [6.45, 7) is 0. The molecular formula is C4H6ClNO4. The molecule has 0 amide bonds. The minimum atomic E-state index is -1.28. The SMILES string of the molecule is O=C(O)C[C@H](NCl)C(=O)O. The van der Waals surface area contributed by atoms with E-state index >= 15 is 0 Å². The summed E-state index contributed by atoms with van der Waals surface area (Å²) in [5, 5.41) is 16.3. The van der Waals surface area contributed by atoms with Gasteiger partial charge in [-0.05, 0) is 11.8 Å². The summed E-state index contributed by atoms with van der Waals surface area (Å²) in [7, 11) is 0. The molecule has 58 valence electrons. The number of hydrogen-bond acceptors (Lipinski definition) is 3. The molecular weight excluding hydrogens is 162 g/mol. The molecule has 0 saturated heterocycles. The highest BCUT2D eigenvalue weighted by atomic mass is 35.5. The van der Waals surface area contributed by atoms with Crippen molar-refractivity contribution in [1.82, 2.24) is 4.84 Å². The van der Waals surface area contributed by atoms with E-state index in [-0.39, 0.29) is 0 Å². The van der Waals surface area contributed by atoms with Gasteiger partial charge in [0.05, 0.1) is 6.42 Å². The van der Waals surface area contributed by atoms with Crippen molar-refractivity contribution in [3.05, 3.63) is 0 Å². The Morgan fingerprint density at radius 2 is 2.00 bits per heavy atom. The van der Waals surface area contributed by atoms with Gasteiger partial charge in [-0.2, -0.15) is 0 Å². The molecule has 0 spiro atoms. The summed E-state index contributed by atoms with van der Waals surface area (Å²) in [6, 6.07) is -1.22. The van der Waals surface area contributed by atoms with Crippen LogP contribution in [0, 0.1) is 0 Å². The fraction of sp³-hybridized carbons (Fsp3) is 0.500. The van der Waals surface area contributed by atoms with Gasteiger partial charge in [0.1, 0.15) is 6.04 Å². The van der Waals surface area contributed by atoms with Crippen LogP contribution in [0.5, 0.6) is 0 Å². The van der Waals surface area contributed by atoms with E-state index in [1.165, 1.54) is 0 Å². The van der Waals surface area contributed by atoms with Crippen LogP contribution in [-0.4, -0.2) is 28.2 Å². The molecule has 10 heavy (non-hydrogen) atoms. The second-order valence-electron chi connectivity index (χ2n) is 1.60. The van der Waals surface area contributed by atoms with Crippen molar-refractivity contribution in [3.63, 3.8) is 0 Å². The molecule has 0 aliphatic carbocycles. The maximum atomic E-state index is 10.1. The molecule has 1 atom stereocenters. The first-order valence-corrected chi connectivity index (χ1v) is 2.76. The van der Waals surface area contributed by atoms with Gasteiger partial charge in [-0.1, -0.05) is 0 Å². The van der Waals surface area contributed by atoms with Crippen LogP contribution in [0.15, 0.2) is 0 Å². The molecule has 0 heterocycles. The summed E-state index contributed by atoms with van der Waals surface area (Å²) in [6.07, 6.45) is -0.529. The van der Waals surface area contributed by atoms with Gasteiger partial charge < -0.3 is 10.2 Å². The molecule has 0 aliphatic rings. The fourth-order valence-electron chi connectivity index (χ4n) is 0.347. The molecule has 0 radical (unpaired) electrons. The molecule has 0 saturated carbocycles. The van der Waals surface area contributed by atoms with Crippen LogP contribution in [0.3, 0.4) is 0 Å². The van der Waals surface area contributed by atoms with Crippen LogP contribution >= 0.6 is 11.8 Å². The van der Waals surface area contributed by atoms with Crippen LogP contribution in [0.25, 0.3) is 0 Å². The normalized spacial score (nSPS) is 12.5. The second kappa shape index (κ2) is 4.08. The zero-order valence-corrected chi connectivity index (χ0v) is 5.63. The third kappa shape index (κ3) is 3.26. The van der Waals surface area contributed by atoms with Crippen molar-refractivity contribution in [2.45, 2.75) is 12.5 Å². The Labute approximate surface area is 61.7 Å². The van der Waals surface area contributed by atoms with Crippen LogP contribution in [-0.2, 0) is 9.59 Å². The first kappa shape index (κ1) is 9.19. The Bertz CT molecular complexity index is 148. The van der Waals surface area contributed by atoms with Crippen LogP contribution in [0.2, 0.25) is 0 Å². The lowest BCUT2D eigenvalue weighted by Crippen LogP contribution is -2.32. The van der Waals surface area contributed by atoms with Crippen LogP contribution < -0.4 is 4.84 Å². The largest absolute Gasteiger partial charge is 0.481 e. The molecule has 0 rings (SSSR count). The summed E-state index contributed by atoms with van der Waals surface area (Å²) >= 11 is 4.91. The van der Waals surface area contributed by atoms with E-state index in [0.717, 1.165) is 0 Å². The number of carboxylic acid groups (broad SMARTS) is 2. The molecule has 0 aromatic carbocycles. The van der Waals surface area contributed by atoms with Crippen LogP contribution in [0.1, 0.15) is 6.42 Å². The van der Waals surface area contributed by atoms with Crippen LogP contribution in [0.4, 0.5) is 0 Å². The highest BCUT2D eigenvalue weighted by molar-refractivity contribution is 6.15. The summed E-state index contributed by atoms with van der Waals surface area (Å²) in [5.74, 6) is -2.49. The summed E-state index contributed by atoms with van der Waals surface area (Å²) in [5.41, 5.74) is 0. The van der Waals surface area contributed by atoms with Crippen molar-refractivity contribution >= 4 is 23.7 Å². The molecule has 6 heteroatoms. The van der Waals surface area contributed by atoms with Crippen molar-refractivity contribution in [2.75, 3.05) is 0 Å². The van der Waals surface area contributed by atoms with E-state index in [1.54, 1.807) is 0 Å². The van der Waals surface area contributed by atoms with Crippen molar-refractivity contribution < 1.29 is 19.8 Å². The highest BCUT2D eigenvalue weighted by Crippen LogP contribution is 1.92. The Hall–Kier alpha value is -0.810. The molecule has 0 fully saturated rings. The molecule has 0 aliphatic heterocycles. The molecule has 5 nitrogen and oxygen atoms in total. The Morgan fingerprint density at radius 3 is 2.10 bits per heavy atom. The molecule has 0 aromatic rings. The number of aliphatic carboxylic acids is 2. The van der Waals surface area contributed by atoms with E-state index in [1.807, 2.05) is 4.84 Å². The first-order valence-electron chi connectivity index (χ1n) is 2.38. The smallest absolute Gasteiger partial charge is 0.322 e. The first-order chi connectivity index (χ1) is 4.57. The number of nitrogens with one attached hydrogen (secondary N) is 1. The van der Waals surface area contributed by atoms with Gasteiger partial charge in [0.25, 0.3) is 0 Å². The zero-order valence-electron chi connectivity index (χ0n) is 4.87. The van der Waals surface area contributed by atoms with Gasteiger partial charge in [0, 0.05) is 0 Å². The van der Waals surface area contributed by atoms with Gasteiger partial charge in [0.15, 0.2) is 0 Å². The predicted molar refractivity (Wildman–Crippen MR) is 32.7 cm³/mol. The number of carbonyl (C=O) groups is 2. The fourth-order valence-corrected chi connectivity index (χ4v) is 0.518. The van der Waals surface area contributed by atoms with E-state index < -0.39 is 24.4 Å². The monoisotopic (exact) mass is 167 g/mol. The summed E-state index contributed by atoms with van der Waals surface area (Å²) in [4.78, 5) is 21.8. The second-order valence-corrected chi connectivity index (χ2v) is 1.82.